The van der Waals surface area contributed by atoms with Gasteiger partial charge in [0.05, 0.1) is 11.7 Å². The van der Waals surface area contributed by atoms with Crippen LogP contribution in [-0.4, -0.2) is 39.7 Å². The molecule has 32 heavy (non-hydrogen) atoms. The topological polar surface area (TPSA) is 64.5 Å². The van der Waals surface area contributed by atoms with E-state index in [1.54, 1.807) is 4.90 Å². The SMILES string of the molecule is CC(C)(C)OC(=O)N1CCC(c2cccc(OCc3cccc4cc(F)cnc34)n2)CC1. The number of nitrogens with zero attached hydrogens (tertiary/aromatic N) is 3. The number of piperidine rings is 1. The molecule has 168 valence electrons. The number of benzene rings is 1. The summed E-state index contributed by atoms with van der Waals surface area (Å²) in [6, 6.07) is 12.9. The summed E-state index contributed by atoms with van der Waals surface area (Å²) in [4.78, 5) is 23.0. The number of rotatable bonds is 4. The Morgan fingerprint density at radius 3 is 2.66 bits per heavy atom. The Morgan fingerprint density at radius 1 is 1.16 bits per heavy atom. The van der Waals surface area contributed by atoms with Gasteiger partial charge in [0, 0.05) is 41.7 Å². The Labute approximate surface area is 187 Å². The fourth-order valence-corrected chi connectivity index (χ4v) is 3.89. The highest BCUT2D eigenvalue weighted by Crippen LogP contribution is 2.29. The Kier molecular flexibility index (Phi) is 6.26. The first kappa shape index (κ1) is 22.0. The summed E-state index contributed by atoms with van der Waals surface area (Å²) < 4.78 is 24.9. The van der Waals surface area contributed by atoms with Crippen LogP contribution in [0.1, 0.15) is 50.8 Å². The van der Waals surface area contributed by atoms with Gasteiger partial charge in [0.15, 0.2) is 0 Å². The van der Waals surface area contributed by atoms with E-state index in [2.05, 4.69) is 4.98 Å². The Hall–Kier alpha value is -3.22. The quantitative estimate of drug-likeness (QED) is 0.542. The van der Waals surface area contributed by atoms with Crippen LogP contribution in [0.15, 0.2) is 48.7 Å². The van der Waals surface area contributed by atoms with Crippen LogP contribution >= 0.6 is 0 Å². The van der Waals surface area contributed by atoms with E-state index in [-0.39, 0.29) is 17.8 Å². The molecule has 1 fully saturated rings. The zero-order chi connectivity index (χ0) is 22.7. The monoisotopic (exact) mass is 437 g/mol. The largest absolute Gasteiger partial charge is 0.473 e. The summed E-state index contributed by atoms with van der Waals surface area (Å²) in [5, 5.41) is 0.740. The van der Waals surface area contributed by atoms with Gasteiger partial charge in [0.2, 0.25) is 5.88 Å². The van der Waals surface area contributed by atoms with Crippen molar-refractivity contribution in [1.82, 2.24) is 14.9 Å². The van der Waals surface area contributed by atoms with Crippen LogP contribution in [-0.2, 0) is 11.3 Å². The van der Waals surface area contributed by atoms with Crippen molar-refractivity contribution >= 4 is 17.0 Å². The van der Waals surface area contributed by atoms with Gasteiger partial charge >= 0.3 is 6.09 Å². The van der Waals surface area contributed by atoms with Crippen molar-refractivity contribution in [2.24, 2.45) is 0 Å². The molecule has 3 heterocycles. The average molecular weight is 438 g/mol. The Bertz CT molecular complexity index is 1110. The summed E-state index contributed by atoms with van der Waals surface area (Å²) >= 11 is 0. The number of carbonyl (C=O) groups excluding carboxylic acids is 1. The summed E-state index contributed by atoms with van der Waals surface area (Å²) in [7, 11) is 0. The number of ether oxygens (including phenoxy) is 2. The number of aromatic nitrogens is 2. The highest BCUT2D eigenvalue weighted by atomic mass is 19.1. The number of para-hydroxylation sites is 1. The van der Waals surface area contributed by atoms with Gasteiger partial charge in [0.1, 0.15) is 18.0 Å². The molecule has 0 bridgehead atoms. The first-order valence-electron chi connectivity index (χ1n) is 10.9. The lowest BCUT2D eigenvalue weighted by atomic mass is 9.93. The molecule has 0 N–H and O–H groups in total. The molecule has 0 radical (unpaired) electrons. The van der Waals surface area contributed by atoms with Crippen LogP contribution in [0.2, 0.25) is 0 Å². The zero-order valence-electron chi connectivity index (χ0n) is 18.7. The number of likely N-dealkylation sites (tertiary alicyclic amines) is 1. The van der Waals surface area contributed by atoms with Gasteiger partial charge < -0.3 is 14.4 Å². The smallest absolute Gasteiger partial charge is 0.410 e. The number of hydrogen-bond acceptors (Lipinski definition) is 5. The van der Waals surface area contributed by atoms with E-state index in [1.165, 1.54) is 12.3 Å². The molecule has 0 unspecified atom stereocenters. The number of amides is 1. The van der Waals surface area contributed by atoms with Gasteiger partial charge in [-0.25, -0.2) is 14.2 Å². The van der Waals surface area contributed by atoms with Gasteiger partial charge in [-0.05, 0) is 45.7 Å². The molecule has 0 atom stereocenters. The molecule has 6 nitrogen and oxygen atoms in total. The average Bonchev–Trinajstić information content (AvgIpc) is 2.76. The normalized spacial score (nSPS) is 15.1. The van der Waals surface area contributed by atoms with Gasteiger partial charge in [-0.3, -0.25) is 4.98 Å². The van der Waals surface area contributed by atoms with Gasteiger partial charge in [-0.2, -0.15) is 0 Å². The second-order valence-electron chi connectivity index (χ2n) is 9.07. The minimum atomic E-state index is -0.491. The van der Waals surface area contributed by atoms with Crippen molar-refractivity contribution in [3.63, 3.8) is 0 Å². The number of hydrogen-bond donors (Lipinski definition) is 0. The maximum atomic E-state index is 13.4. The van der Waals surface area contributed by atoms with Crippen molar-refractivity contribution in [1.29, 1.82) is 0 Å². The van der Waals surface area contributed by atoms with Crippen LogP contribution < -0.4 is 4.74 Å². The first-order chi connectivity index (χ1) is 15.3. The molecule has 0 spiro atoms. The molecule has 1 aliphatic rings. The fraction of sp³-hybridized carbons (Fsp3) is 0.400. The lowest BCUT2D eigenvalue weighted by Crippen LogP contribution is -2.41. The summed E-state index contributed by atoms with van der Waals surface area (Å²) in [5.74, 6) is 0.443. The van der Waals surface area contributed by atoms with Crippen LogP contribution in [0.25, 0.3) is 10.9 Å². The van der Waals surface area contributed by atoms with Gasteiger partial charge in [-0.1, -0.05) is 24.3 Å². The van der Waals surface area contributed by atoms with Crippen LogP contribution in [0.4, 0.5) is 9.18 Å². The third-order valence-electron chi connectivity index (χ3n) is 5.45. The molecular formula is C25H28FN3O3. The Morgan fingerprint density at radius 2 is 1.91 bits per heavy atom. The first-order valence-corrected chi connectivity index (χ1v) is 10.9. The highest BCUT2D eigenvalue weighted by Gasteiger charge is 2.28. The van der Waals surface area contributed by atoms with Gasteiger partial charge in [0.25, 0.3) is 0 Å². The number of pyridine rings is 2. The maximum Gasteiger partial charge on any atom is 0.410 e. The van der Waals surface area contributed by atoms with Crippen molar-refractivity contribution in [2.75, 3.05) is 13.1 Å². The standard InChI is InChI=1S/C25H28FN3O3/c1-25(2,3)32-24(30)29-12-10-17(11-13-29)21-8-5-9-22(28-21)31-16-19-7-4-6-18-14-20(26)15-27-23(18)19/h4-9,14-15,17H,10-13,16H2,1-3H3. The third kappa shape index (κ3) is 5.33. The van der Waals surface area contributed by atoms with E-state index in [9.17, 15) is 9.18 Å². The van der Waals surface area contributed by atoms with E-state index in [1.807, 2.05) is 57.2 Å². The molecule has 4 rings (SSSR count). The summed E-state index contributed by atoms with van der Waals surface area (Å²) in [5.41, 5.74) is 2.07. The molecule has 1 aromatic carbocycles. The number of halogens is 1. The fourth-order valence-electron chi connectivity index (χ4n) is 3.89. The minimum Gasteiger partial charge on any atom is -0.473 e. The predicted molar refractivity (Wildman–Crippen MR) is 120 cm³/mol. The van der Waals surface area contributed by atoms with E-state index in [4.69, 9.17) is 14.5 Å². The Balaban J connectivity index is 1.38. The van der Waals surface area contributed by atoms with Gasteiger partial charge in [-0.15, -0.1) is 0 Å². The highest BCUT2D eigenvalue weighted by molar-refractivity contribution is 5.81. The molecule has 2 aromatic heterocycles. The molecular weight excluding hydrogens is 409 g/mol. The van der Waals surface area contributed by atoms with Crippen LogP contribution in [0, 0.1) is 5.82 Å². The summed E-state index contributed by atoms with van der Waals surface area (Å²) in [6.07, 6.45) is 2.61. The molecule has 1 aliphatic heterocycles. The molecule has 3 aromatic rings. The molecule has 1 amide bonds. The van der Waals surface area contributed by atoms with Crippen molar-refractivity contribution in [3.8, 4) is 5.88 Å². The van der Waals surface area contributed by atoms with E-state index in [0.29, 0.717) is 25.6 Å². The van der Waals surface area contributed by atoms with E-state index < -0.39 is 5.60 Å². The van der Waals surface area contributed by atoms with E-state index >= 15 is 0 Å². The zero-order valence-corrected chi connectivity index (χ0v) is 18.7. The number of fused-ring (bicyclic) bond motifs is 1. The molecule has 7 heteroatoms. The lowest BCUT2D eigenvalue weighted by molar-refractivity contribution is 0.0204. The summed E-state index contributed by atoms with van der Waals surface area (Å²) in [6.45, 7) is 7.21. The van der Waals surface area contributed by atoms with Crippen molar-refractivity contribution < 1.29 is 18.7 Å². The second-order valence-corrected chi connectivity index (χ2v) is 9.07. The number of carbonyl (C=O) groups is 1. The lowest BCUT2D eigenvalue weighted by Gasteiger charge is -2.33. The predicted octanol–water partition coefficient (Wildman–Crippen LogP) is 5.46. The van der Waals surface area contributed by atoms with Crippen LogP contribution in [0.3, 0.4) is 0 Å². The van der Waals surface area contributed by atoms with Crippen molar-refractivity contribution in [3.05, 3.63) is 65.7 Å². The minimum absolute atomic E-state index is 0.260. The molecule has 0 aliphatic carbocycles. The van der Waals surface area contributed by atoms with Crippen molar-refractivity contribution in [2.45, 2.75) is 51.7 Å². The second kappa shape index (κ2) is 9.10. The third-order valence-corrected chi connectivity index (χ3v) is 5.45. The molecule has 1 saturated heterocycles. The van der Waals surface area contributed by atoms with Crippen LogP contribution in [0.5, 0.6) is 5.88 Å². The van der Waals surface area contributed by atoms with E-state index in [0.717, 1.165) is 35.0 Å². The maximum absolute atomic E-state index is 13.4. The molecule has 0 saturated carbocycles.